The van der Waals surface area contributed by atoms with E-state index in [1.165, 1.54) is 35.7 Å². The predicted octanol–water partition coefficient (Wildman–Crippen LogP) is 5.92. The van der Waals surface area contributed by atoms with Crippen LogP contribution >= 0.6 is 11.8 Å². The van der Waals surface area contributed by atoms with Crippen molar-refractivity contribution in [2.24, 2.45) is 5.10 Å². The maximum Gasteiger partial charge on any atom is 0.250 e. The summed E-state index contributed by atoms with van der Waals surface area (Å²) < 4.78 is 15.0. The first kappa shape index (κ1) is 25.3. The molecule has 6 nitrogen and oxygen atoms in total. The van der Waals surface area contributed by atoms with Gasteiger partial charge in [-0.15, -0.1) is 10.2 Å². The second-order valence-electron chi connectivity index (χ2n) is 9.44. The van der Waals surface area contributed by atoms with Gasteiger partial charge in [-0.2, -0.15) is 5.10 Å². The Kier molecular flexibility index (Phi) is 7.64. The van der Waals surface area contributed by atoms with E-state index >= 15 is 0 Å². The van der Waals surface area contributed by atoms with Gasteiger partial charge in [0.1, 0.15) is 5.82 Å². The van der Waals surface area contributed by atoms with E-state index in [-0.39, 0.29) is 22.9 Å². The van der Waals surface area contributed by atoms with Gasteiger partial charge in [-0.25, -0.2) is 9.82 Å². The fourth-order valence-electron chi connectivity index (χ4n) is 3.49. The Labute approximate surface area is 214 Å². The molecule has 0 saturated heterocycles. The molecule has 0 saturated carbocycles. The molecule has 0 fully saturated rings. The Morgan fingerprint density at radius 1 is 1.00 bits per heavy atom. The fourth-order valence-corrected chi connectivity index (χ4v) is 4.23. The lowest BCUT2D eigenvalue weighted by Crippen LogP contribution is -2.20. The third kappa shape index (κ3) is 6.26. The van der Waals surface area contributed by atoms with Crippen molar-refractivity contribution in [3.05, 3.63) is 95.3 Å². The second-order valence-corrected chi connectivity index (χ2v) is 10.4. The summed E-state index contributed by atoms with van der Waals surface area (Å²) in [5.74, 6) is 0.201. The van der Waals surface area contributed by atoms with Gasteiger partial charge in [-0.3, -0.25) is 9.36 Å². The monoisotopic (exact) mass is 501 g/mol. The number of halogens is 1. The molecule has 1 heterocycles. The van der Waals surface area contributed by atoms with E-state index in [4.69, 9.17) is 0 Å². The molecule has 0 atom stereocenters. The van der Waals surface area contributed by atoms with Gasteiger partial charge in [0.15, 0.2) is 11.0 Å². The van der Waals surface area contributed by atoms with Crippen molar-refractivity contribution in [1.82, 2.24) is 20.2 Å². The molecule has 1 N–H and O–H groups in total. The Morgan fingerprint density at radius 3 is 2.31 bits per heavy atom. The van der Waals surface area contributed by atoms with E-state index < -0.39 is 0 Å². The third-order valence-corrected chi connectivity index (χ3v) is 6.47. The minimum atomic E-state index is -0.324. The Hall–Kier alpha value is -3.78. The number of amides is 1. The molecular weight excluding hydrogens is 473 g/mol. The zero-order valence-corrected chi connectivity index (χ0v) is 21.5. The van der Waals surface area contributed by atoms with Crippen molar-refractivity contribution in [3.8, 4) is 17.1 Å². The topological polar surface area (TPSA) is 72.2 Å². The van der Waals surface area contributed by atoms with E-state index in [2.05, 4.69) is 65.8 Å². The van der Waals surface area contributed by atoms with Gasteiger partial charge in [0.25, 0.3) is 5.91 Å². The molecule has 0 bridgehead atoms. The van der Waals surface area contributed by atoms with Crippen LogP contribution in [0.4, 0.5) is 4.39 Å². The number of aryl methyl sites for hydroxylation is 1. The quantitative estimate of drug-likeness (QED) is 0.194. The molecule has 0 spiro atoms. The number of hydrogen-bond donors (Lipinski definition) is 1. The van der Waals surface area contributed by atoms with Crippen molar-refractivity contribution in [2.75, 3.05) is 5.75 Å². The molecule has 0 aliphatic rings. The molecule has 1 amide bonds. The van der Waals surface area contributed by atoms with E-state index in [9.17, 15) is 9.18 Å². The number of aromatic nitrogens is 3. The average Bonchev–Trinajstić information content (AvgIpc) is 3.28. The van der Waals surface area contributed by atoms with Crippen molar-refractivity contribution in [2.45, 2.75) is 38.3 Å². The average molecular weight is 502 g/mol. The standard InChI is InChI=1S/C28H28FN5OS/c1-19-5-15-24(16-6-19)34-26(21-9-11-22(12-10-21)28(2,3)4)32-33-27(34)36-18-25(35)31-30-17-20-7-13-23(29)14-8-20/h5-17H,18H2,1-4H3,(H,31,35)/b30-17+. The molecule has 3 aromatic carbocycles. The smallest absolute Gasteiger partial charge is 0.250 e. The molecule has 0 unspecified atom stereocenters. The molecule has 184 valence electrons. The van der Waals surface area contributed by atoms with Crippen LogP contribution in [-0.2, 0) is 10.2 Å². The summed E-state index contributed by atoms with van der Waals surface area (Å²) in [5.41, 5.74) is 7.48. The van der Waals surface area contributed by atoms with Gasteiger partial charge in [0, 0.05) is 11.3 Å². The summed E-state index contributed by atoms with van der Waals surface area (Å²) in [6.45, 7) is 8.58. The highest BCUT2D eigenvalue weighted by Crippen LogP contribution is 2.30. The van der Waals surface area contributed by atoms with Gasteiger partial charge in [-0.1, -0.05) is 86.6 Å². The van der Waals surface area contributed by atoms with Crippen LogP contribution < -0.4 is 5.43 Å². The van der Waals surface area contributed by atoms with Crippen LogP contribution in [0.25, 0.3) is 17.1 Å². The van der Waals surface area contributed by atoms with Crippen molar-refractivity contribution < 1.29 is 9.18 Å². The zero-order chi connectivity index (χ0) is 25.7. The number of benzene rings is 3. The first-order valence-electron chi connectivity index (χ1n) is 11.5. The van der Waals surface area contributed by atoms with Crippen LogP contribution in [0.2, 0.25) is 0 Å². The highest BCUT2D eigenvalue weighted by molar-refractivity contribution is 7.99. The third-order valence-electron chi connectivity index (χ3n) is 5.54. The maximum atomic E-state index is 13.0. The highest BCUT2D eigenvalue weighted by atomic mass is 32.2. The van der Waals surface area contributed by atoms with Gasteiger partial charge in [0.05, 0.1) is 12.0 Å². The number of rotatable bonds is 7. The van der Waals surface area contributed by atoms with Crippen molar-refractivity contribution in [1.29, 1.82) is 0 Å². The summed E-state index contributed by atoms with van der Waals surface area (Å²) in [6.07, 6.45) is 1.47. The van der Waals surface area contributed by atoms with Gasteiger partial charge in [-0.05, 0) is 47.7 Å². The van der Waals surface area contributed by atoms with E-state index in [1.54, 1.807) is 12.1 Å². The van der Waals surface area contributed by atoms with Crippen LogP contribution in [-0.4, -0.2) is 32.6 Å². The number of thioether (sulfide) groups is 1. The predicted molar refractivity (Wildman–Crippen MR) is 143 cm³/mol. The van der Waals surface area contributed by atoms with Gasteiger partial charge < -0.3 is 0 Å². The zero-order valence-electron chi connectivity index (χ0n) is 20.7. The highest BCUT2D eigenvalue weighted by Gasteiger charge is 2.19. The largest absolute Gasteiger partial charge is 0.272 e. The molecule has 36 heavy (non-hydrogen) atoms. The summed E-state index contributed by atoms with van der Waals surface area (Å²) >= 11 is 1.28. The Morgan fingerprint density at radius 2 is 1.67 bits per heavy atom. The second kappa shape index (κ2) is 10.9. The summed E-state index contributed by atoms with van der Waals surface area (Å²) in [6, 6.07) is 22.3. The van der Waals surface area contributed by atoms with Crippen LogP contribution in [0.15, 0.2) is 83.1 Å². The molecule has 0 radical (unpaired) electrons. The first-order chi connectivity index (χ1) is 17.2. The summed E-state index contributed by atoms with van der Waals surface area (Å²) in [5, 5.41) is 13.4. The lowest BCUT2D eigenvalue weighted by Gasteiger charge is -2.19. The normalized spacial score (nSPS) is 11.7. The molecule has 4 aromatic rings. The minimum absolute atomic E-state index is 0.0523. The number of carbonyl (C=O) groups is 1. The summed E-state index contributed by atoms with van der Waals surface area (Å²) in [4.78, 5) is 12.4. The van der Waals surface area contributed by atoms with Crippen LogP contribution in [0.3, 0.4) is 0 Å². The number of hydrogen-bond acceptors (Lipinski definition) is 5. The Bertz CT molecular complexity index is 1360. The number of carbonyl (C=O) groups excluding carboxylic acids is 1. The van der Waals surface area contributed by atoms with Crippen LogP contribution in [0.5, 0.6) is 0 Å². The van der Waals surface area contributed by atoms with Crippen molar-refractivity contribution >= 4 is 23.9 Å². The van der Waals surface area contributed by atoms with E-state index in [0.29, 0.717) is 16.5 Å². The lowest BCUT2D eigenvalue weighted by atomic mass is 9.87. The molecular formula is C28H28FN5OS. The van der Waals surface area contributed by atoms with Crippen LogP contribution in [0, 0.1) is 12.7 Å². The molecule has 1 aromatic heterocycles. The fraction of sp³-hybridized carbons (Fsp3) is 0.214. The van der Waals surface area contributed by atoms with Gasteiger partial charge >= 0.3 is 0 Å². The van der Waals surface area contributed by atoms with E-state index in [1.807, 2.05) is 35.8 Å². The minimum Gasteiger partial charge on any atom is -0.272 e. The van der Waals surface area contributed by atoms with Crippen LogP contribution in [0.1, 0.15) is 37.5 Å². The van der Waals surface area contributed by atoms with Crippen molar-refractivity contribution in [3.63, 3.8) is 0 Å². The lowest BCUT2D eigenvalue weighted by molar-refractivity contribution is -0.118. The molecule has 0 aliphatic heterocycles. The number of nitrogens with one attached hydrogen (secondary N) is 1. The first-order valence-corrected chi connectivity index (χ1v) is 12.5. The molecule has 0 aliphatic carbocycles. The maximum absolute atomic E-state index is 13.0. The number of hydrazone groups is 1. The Balaban J connectivity index is 1.53. The summed E-state index contributed by atoms with van der Waals surface area (Å²) in [7, 11) is 0. The van der Waals surface area contributed by atoms with Gasteiger partial charge in [0.2, 0.25) is 0 Å². The number of nitrogens with zero attached hydrogens (tertiary/aromatic N) is 4. The molecule has 4 rings (SSSR count). The molecule has 8 heteroatoms. The van der Waals surface area contributed by atoms with E-state index in [0.717, 1.165) is 16.8 Å². The SMILES string of the molecule is Cc1ccc(-n2c(SCC(=O)N/N=C/c3ccc(F)cc3)nnc2-c2ccc(C(C)(C)C)cc2)cc1.